The predicted molar refractivity (Wildman–Crippen MR) is 96.4 cm³/mol. The SMILES string of the molecule is COc1ccc(C(O)CNC(=O)NC(c2ccccc2)C2CC2)cc1. The van der Waals surface area contributed by atoms with Crippen LogP contribution < -0.4 is 15.4 Å². The van der Waals surface area contributed by atoms with Crippen LogP contribution in [0.2, 0.25) is 0 Å². The number of aliphatic hydroxyl groups excluding tert-OH is 1. The number of urea groups is 1. The van der Waals surface area contributed by atoms with Crippen molar-refractivity contribution in [3.05, 3.63) is 65.7 Å². The smallest absolute Gasteiger partial charge is 0.315 e. The van der Waals surface area contributed by atoms with Crippen LogP contribution in [-0.4, -0.2) is 24.8 Å². The number of nitrogens with one attached hydrogen (secondary N) is 2. The first-order chi connectivity index (χ1) is 12.2. The van der Waals surface area contributed by atoms with Gasteiger partial charge in [-0.25, -0.2) is 4.79 Å². The minimum Gasteiger partial charge on any atom is -0.497 e. The Labute approximate surface area is 148 Å². The van der Waals surface area contributed by atoms with Gasteiger partial charge in [0.05, 0.1) is 19.3 Å². The lowest BCUT2D eigenvalue weighted by molar-refractivity contribution is 0.172. The van der Waals surface area contributed by atoms with E-state index in [2.05, 4.69) is 10.6 Å². The van der Waals surface area contributed by atoms with Gasteiger partial charge in [-0.1, -0.05) is 42.5 Å². The highest BCUT2D eigenvalue weighted by atomic mass is 16.5. The molecule has 1 aliphatic carbocycles. The molecule has 5 heteroatoms. The third-order valence-corrected chi connectivity index (χ3v) is 4.50. The van der Waals surface area contributed by atoms with Crippen LogP contribution >= 0.6 is 0 Å². The number of benzene rings is 2. The van der Waals surface area contributed by atoms with E-state index in [-0.39, 0.29) is 18.6 Å². The molecule has 0 radical (unpaired) electrons. The third kappa shape index (κ3) is 4.73. The number of hydrogen-bond acceptors (Lipinski definition) is 3. The lowest BCUT2D eigenvalue weighted by atomic mass is 10.0. The predicted octanol–water partition coefficient (Wildman–Crippen LogP) is 3.18. The van der Waals surface area contributed by atoms with Crippen LogP contribution in [0.25, 0.3) is 0 Å². The topological polar surface area (TPSA) is 70.6 Å². The Morgan fingerprint density at radius 1 is 1.12 bits per heavy atom. The van der Waals surface area contributed by atoms with E-state index in [4.69, 9.17) is 4.74 Å². The summed E-state index contributed by atoms with van der Waals surface area (Å²) < 4.78 is 5.10. The van der Waals surface area contributed by atoms with E-state index in [1.165, 1.54) is 0 Å². The number of carbonyl (C=O) groups is 1. The normalized spacial score (nSPS) is 15.9. The molecule has 25 heavy (non-hydrogen) atoms. The fraction of sp³-hybridized carbons (Fsp3) is 0.350. The number of ether oxygens (including phenoxy) is 1. The second-order valence-corrected chi connectivity index (χ2v) is 6.37. The fourth-order valence-corrected chi connectivity index (χ4v) is 2.89. The second kappa shape index (κ2) is 8.03. The number of rotatable bonds is 7. The molecular weight excluding hydrogens is 316 g/mol. The van der Waals surface area contributed by atoms with Gasteiger partial charge in [-0.05, 0) is 42.0 Å². The van der Waals surface area contributed by atoms with Crippen LogP contribution in [0.15, 0.2) is 54.6 Å². The zero-order valence-corrected chi connectivity index (χ0v) is 14.3. The molecule has 0 aliphatic heterocycles. The van der Waals surface area contributed by atoms with E-state index in [0.717, 1.165) is 29.7 Å². The Kier molecular flexibility index (Phi) is 5.56. The average molecular weight is 340 g/mol. The molecule has 2 unspecified atom stereocenters. The van der Waals surface area contributed by atoms with Gasteiger partial charge >= 0.3 is 6.03 Å². The highest BCUT2D eigenvalue weighted by molar-refractivity contribution is 5.74. The molecule has 0 heterocycles. The zero-order valence-electron chi connectivity index (χ0n) is 14.3. The van der Waals surface area contributed by atoms with E-state index in [1.807, 2.05) is 30.3 Å². The largest absolute Gasteiger partial charge is 0.497 e. The van der Waals surface area contributed by atoms with Crippen LogP contribution in [0.4, 0.5) is 4.79 Å². The monoisotopic (exact) mass is 340 g/mol. The first-order valence-corrected chi connectivity index (χ1v) is 8.58. The molecule has 2 aromatic rings. The summed E-state index contributed by atoms with van der Waals surface area (Å²) in [5.74, 6) is 1.23. The highest BCUT2D eigenvalue weighted by Crippen LogP contribution is 2.40. The number of amides is 2. The molecule has 2 aromatic carbocycles. The molecular formula is C20H24N2O3. The highest BCUT2D eigenvalue weighted by Gasteiger charge is 2.33. The standard InChI is InChI=1S/C20H24N2O3/c1-25-17-11-9-14(10-12-17)18(23)13-21-20(24)22-19(16-7-8-16)15-5-3-2-4-6-15/h2-6,9-12,16,18-19,23H,7-8,13H2,1H3,(H2,21,22,24). The van der Waals surface area contributed by atoms with Crippen molar-refractivity contribution in [1.82, 2.24) is 10.6 Å². The molecule has 1 aliphatic rings. The quantitative estimate of drug-likeness (QED) is 0.725. The van der Waals surface area contributed by atoms with Crippen LogP contribution in [0.5, 0.6) is 5.75 Å². The van der Waals surface area contributed by atoms with Gasteiger partial charge in [0.15, 0.2) is 0 Å². The van der Waals surface area contributed by atoms with Gasteiger partial charge in [-0.2, -0.15) is 0 Å². The molecule has 1 saturated carbocycles. The van der Waals surface area contributed by atoms with Crippen LogP contribution in [0.3, 0.4) is 0 Å². The van der Waals surface area contributed by atoms with Crippen molar-refractivity contribution in [2.45, 2.75) is 25.0 Å². The van der Waals surface area contributed by atoms with Crippen LogP contribution in [0.1, 0.15) is 36.1 Å². The maximum absolute atomic E-state index is 12.2. The molecule has 132 valence electrons. The van der Waals surface area contributed by atoms with E-state index >= 15 is 0 Å². The number of aliphatic hydroxyl groups is 1. The summed E-state index contributed by atoms with van der Waals surface area (Å²) in [6.07, 6.45) is 1.51. The zero-order chi connectivity index (χ0) is 17.6. The molecule has 2 amide bonds. The summed E-state index contributed by atoms with van der Waals surface area (Å²) in [7, 11) is 1.60. The van der Waals surface area contributed by atoms with Crippen molar-refractivity contribution in [3.63, 3.8) is 0 Å². The molecule has 3 N–H and O–H groups in total. The van der Waals surface area contributed by atoms with Crippen LogP contribution in [-0.2, 0) is 0 Å². The minimum atomic E-state index is -0.757. The third-order valence-electron chi connectivity index (χ3n) is 4.50. The number of methoxy groups -OCH3 is 1. The summed E-state index contributed by atoms with van der Waals surface area (Å²) in [6, 6.07) is 16.9. The van der Waals surface area contributed by atoms with Crippen molar-refractivity contribution in [1.29, 1.82) is 0 Å². The molecule has 0 spiro atoms. The van der Waals surface area contributed by atoms with E-state index in [9.17, 15) is 9.90 Å². The molecule has 1 fully saturated rings. The van der Waals surface area contributed by atoms with Gasteiger partial charge in [0.25, 0.3) is 0 Å². The summed E-state index contributed by atoms with van der Waals surface area (Å²) in [4.78, 5) is 12.2. The average Bonchev–Trinajstić information content (AvgIpc) is 3.50. The summed E-state index contributed by atoms with van der Waals surface area (Å²) in [5.41, 5.74) is 1.86. The van der Waals surface area contributed by atoms with Crippen molar-refractivity contribution in [2.75, 3.05) is 13.7 Å². The van der Waals surface area contributed by atoms with Gasteiger partial charge in [-0.15, -0.1) is 0 Å². The fourth-order valence-electron chi connectivity index (χ4n) is 2.89. The van der Waals surface area contributed by atoms with Gasteiger partial charge in [0.1, 0.15) is 5.75 Å². The van der Waals surface area contributed by atoms with Crippen molar-refractivity contribution in [2.24, 2.45) is 5.92 Å². The van der Waals surface area contributed by atoms with Crippen molar-refractivity contribution < 1.29 is 14.6 Å². The van der Waals surface area contributed by atoms with E-state index in [1.54, 1.807) is 31.4 Å². The molecule has 3 rings (SSSR count). The van der Waals surface area contributed by atoms with Gasteiger partial charge in [0.2, 0.25) is 0 Å². The lowest BCUT2D eigenvalue weighted by Crippen LogP contribution is -2.40. The Balaban J connectivity index is 1.52. The Hall–Kier alpha value is -2.53. The van der Waals surface area contributed by atoms with E-state index in [0.29, 0.717) is 5.92 Å². The summed E-state index contributed by atoms with van der Waals surface area (Å²) >= 11 is 0. The maximum atomic E-state index is 12.2. The molecule has 0 bridgehead atoms. The number of hydrogen-bond donors (Lipinski definition) is 3. The number of carbonyl (C=O) groups excluding carboxylic acids is 1. The van der Waals surface area contributed by atoms with Crippen LogP contribution in [0, 0.1) is 5.92 Å². The second-order valence-electron chi connectivity index (χ2n) is 6.37. The van der Waals surface area contributed by atoms with Crippen molar-refractivity contribution >= 4 is 6.03 Å². The van der Waals surface area contributed by atoms with E-state index < -0.39 is 6.10 Å². The first-order valence-electron chi connectivity index (χ1n) is 8.58. The van der Waals surface area contributed by atoms with Gasteiger partial charge < -0.3 is 20.5 Å². The Bertz CT molecular complexity index is 684. The molecule has 5 nitrogen and oxygen atoms in total. The maximum Gasteiger partial charge on any atom is 0.315 e. The van der Waals surface area contributed by atoms with Gasteiger partial charge in [0, 0.05) is 6.54 Å². The van der Waals surface area contributed by atoms with Crippen molar-refractivity contribution in [3.8, 4) is 5.75 Å². The molecule has 2 atom stereocenters. The van der Waals surface area contributed by atoms with Gasteiger partial charge in [-0.3, -0.25) is 0 Å². The lowest BCUT2D eigenvalue weighted by Gasteiger charge is -2.20. The first kappa shape index (κ1) is 17.3. The minimum absolute atomic E-state index is 0.0272. The summed E-state index contributed by atoms with van der Waals surface area (Å²) in [5, 5.41) is 16.0. The molecule has 0 saturated heterocycles. The Morgan fingerprint density at radius 3 is 2.40 bits per heavy atom. The Morgan fingerprint density at radius 2 is 1.80 bits per heavy atom. The summed E-state index contributed by atoms with van der Waals surface area (Å²) in [6.45, 7) is 0.157. The molecule has 0 aromatic heterocycles.